The quantitative estimate of drug-likeness (QED) is 0.873. The molecule has 2 N–H and O–H groups in total. The minimum atomic E-state index is -0.873. The average molecular weight is 238 g/mol. The first-order chi connectivity index (χ1) is 7.99. The standard InChI is InChI=1S/C11H12F2N4/c1-6(2)9-3-4-17(16-9)11-8(13)5-7(12)10(14)15-11/h3-6H,1-2H3,(H2,14,15). The summed E-state index contributed by atoms with van der Waals surface area (Å²) in [4.78, 5) is 3.64. The number of anilines is 1. The first kappa shape index (κ1) is 11.5. The molecule has 0 aliphatic heterocycles. The van der Waals surface area contributed by atoms with Gasteiger partial charge in [0.1, 0.15) is 0 Å². The van der Waals surface area contributed by atoms with Crippen molar-refractivity contribution in [1.82, 2.24) is 14.8 Å². The molecule has 2 heterocycles. The summed E-state index contributed by atoms with van der Waals surface area (Å²) in [5, 5.41) is 4.15. The van der Waals surface area contributed by atoms with Crippen molar-refractivity contribution in [2.24, 2.45) is 0 Å². The molecule has 0 bridgehead atoms. The molecule has 0 aliphatic carbocycles. The Kier molecular flexibility index (Phi) is 2.79. The van der Waals surface area contributed by atoms with Gasteiger partial charge in [0.2, 0.25) is 0 Å². The van der Waals surface area contributed by atoms with Crippen LogP contribution in [0.2, 0.25) is 0 Å². The fourth-order valence-electron chi connectivity index (χ4n) is 1.40. The van der Waals surface area contributed by atoms with Crippen LogP contribution in [0, 0.1) is 11.6 Å². The van der Waals surface area contributed by atoms with Gasteiger partial charge in [0.05, 0.1) is 5.69 Å². The van der Waals surface area contributed by atoms with Crippen molar-refractivity contribution in [3.05, 3.63) is 35.7 Å². The number of nitrogens with zero attached hydrogens (tertiary/aromatic N) is 3. The van der Waals surface area contributed by atoms with Gasteiger partial charge in [0.15, 0.2) is 23.3 Å². The summed E-state index contributed by atoms with van der Waals surface area (Å²) in [6.45, 7) is 3.94. The molecule has 4 nitrogen and oxygen atoms in total. The van der Waals surface area contributed by atoms with Crippen molar-refractivity contribution in [2.75, 3.05) is 5.73 Å². The van der Waals surface area contributed by atoms with Gasteiger partial charge in [-0.1, -0.05) is 13.8 Å². The zero-order valence-electron chi connectivity index (χ0n) is 9.48. The maximum absolute atomic E-state index is 13.5. The highest BCUT2D eigenvalue weighted by Crippen LogP contribution is 2.17. The van der Waals surface area contributed by atoms with Crippen LogP contribution in [0.5, 0.6) is 0 Å². The molecule has 0 aromatic carbocycles. The highest BCUT2D eigenvalue weighted by atomic mass is 19.1. The maximum Gasteiger partial charge on any atom is 0.191 e. The van der Waals surface area contributed by atoms with Crippen molar-refractivity contribution in [3.8, 4) is 5.82 Å². The fourth-order valence-corrected chi connectivity index (χ4v) is 1.40. The Morgan fingerprint density at radius 2 is 2.00 bits per heavy atom. The Bertz CT molecular complexity index is 548. The second-order valence-electron chi connectivity index (χ2n) is 4.00. The first-order valence-electron chi connectivity index (χ1n) is 5.16. The zero-order valence-corrected chi connectivity index (χ0v) is 9.48. The van der Waals surface area contributed by atoms with Crippen LogP contribution in [-0.4, -0.2) is 14.8 Å². The van der Waals surface area contributed by atoms with Crippen molar-refractivity contribution in [1.29, 1.82) is 0 Å². The van der Waals surface area contributed by atoms with E-state index in [9.17, 15) is 8.78 Å². The Hall–Kier alpha value is -1.98. The Balaban J connectivity index is 2.49. The highest BCUT2D eigenvalue weighted by Gasteiger charge is 2.13. The molecular formula is C11H12F2N4. The van der Waals surface area contributed by atoms with E-state index in [0.29, 0.717) is 6.07 Å². The molecule has 0 saturated carbocycles. The van der Waals surface area contributed by atoms with Gasteiger partial charge in [0, 0.05) is 12.3 Å². The molecule has 90 valence electrons. The van der Waals surface area contributed by atoms with Crippen molar-refractivity contribution in [2.45, 2.75) is 19.8 Å². The summed E-state index contributed by atoms with van der Waals surface area (Å²) >= 11 is 0. The number of nitrogen functional groups attached to an aromatic ring is 1. The van der Waals surface area contributed by atoms with Crippen LogP contribution in [0.3, 0.4) is 0 Å². The third-order valence-electron chi connectivity index (χ3n) is 2.36. The highest BCUT2D eigenvalue weighted by molar-refractivity contribution is 5.38. The molecule has 0 saturated heterocycles. The number of nitrogens with two attached hydrogens (primary N) is 1. The van der Waals surface area contributed by atoms with E-state index >= 15 is 0 Å². The van der Waals surface area contributed by atoms with E-state index in [0.717, 1.165) is 5.69 Å². The zero-order chi connectivity index (χ0) is 12.6. The summed E-state index contributed by atoms with van der Waals surface area (Å²) in [6.07, 6.45) is 1.57. The summed E-state index contributed by atoms with van der Waals surface area (Å²) in [5.41, 5.74) is 6.10. The summed E-state index contributed by atoms with van der Waals surface area (Å²) in [6, 6.07) is 2.46. The van der Waals surface area contributed by atoms with Crippen LogP contribution >= 0.6 is 0 Å². The first-order valence-corrected chi connectivity index (χ1v) is 5.16. The lowest BCUT2D eigenvalue weighted by molar-refractivity contribution is 0.563. The van der Waals surface area contributed by atoms with Crippen LogP contribution < -0.4 is 5.73 Å². The van der Waals surface area contributed by atoms with E-state index in [1.807, 2.05) is 13.8 Å². The van der Waals surface area contributed by atoms with Crippen molar-refractivity contribution in [3.63, 3.8) is 0 Å². The predicted octanol–water partition coefficient (Wildman–Crippen LogP) is 2.25. The van der Waals surface area contributed by atoms with Crippen LogP contribution in [0.1, 0.15) is 25.5 Å². The Labute approximate surface area is 97.1 Å². The lowest BCUT2D eigenvalue weighted by atomic mass is 10.1. The summed E-state index contributed by atoms with van der Waals surface area (Å²) in [7, 11) is 0. The molecule has 2 aromatic rings. The van der Waals surface area contributed by atoms with Gasteiger partial charge in [-0.15, -0.1) is 0 Å². The molecule has 0 aliphatic rings. The lowest BCUT2D eigenvalue weighted by Gasteiger charge is -2.04. The van der Waals surface area contributed by atoms with Crippen LogP contribution in [0.4, 0.5) is 14.6 Å². The summed E-state index contributed by atoms with van der Waals surface area (Å²) in [5.74, 6) is -1.89. The second-order valence-corrected chi connectivity index (χ2v) is 4.00. The normalized spacial score (nSPS) is 11.1. The SMILES string of the molecule is CC(C)c1ccn(-c2nc(N)c(F)cc2F)n1. The number of aromatic nitrogens is 3. The molecule has 0 atom stereocenters. The molecular weight excluding hydrogens is 226 g/mol. The van der Waals surface area contributed by atoms with Gasteiger partial charge in [0.25, 0.3) is 0 Å². The molecule has 0 radical (unpaired) electrons. The summed E-state index contributed by atoms with van der Waals surface area (Å²) < 4.78 is 27.7. The number of hydrogen-bond donors (Lipinski definition) is 1. The van der Waals surface area contributed by atoms with E-state index < -0.39 is 11.6 Å². The van der Waals surface area contributed by atoms with Crippen molar-refractivity contribution >= 4 is 5.82 Å². The molecule has 2 rings (SSSR count). The second kappa shape index (κ2) is 4.12. The maximum atomic E-state index is 13.5. The molecule has 0 amide bonds. The van der Waals surface area contributed by atoms with Gasteiger partial charge in [-0.2, -0.15) is 5.10 Å². The minimum Gasteiger partial charge on any atom is -0.381 e. The van der Waals surface area contributed by atoms with Gasteiger partial charge >= 0.3 is 0 Å². The average Bonchev–Trinajstić information content (AvgIpc) is 2.72. The number of pyridine rings is 1. The molecule has 0 unspecified atom stereocenters. The van der Waals surface area contributed by atoms with Gasteiger partial charge < -0.3 is 5.73 Å². The molecule has 0 fully saturated rings. The fraction of sp³-hybridized carbons (Fsp3) is 0.273. The Morgan fingerprint density at radius 1 is 1.29 bits per heavy atom. The number of hydrogen-bond acceptors (Lipinski definition) is 3. The van der Waals surface area contributed by atoms with Gasteiger partial charge in [-0.05, 0) is 12.0 Å². The van der Waals surface area contributed by atoms with E-state index in [1.54, 1.807) is 12.3 Å². The topological polar surface area (TPSA) is 56.7 Å². The molecule has 2 aromatic heterocycles. The molecule has 17 heavy (non-hydrogen) atoms. The van der Waals surface area contributed by atoms with Crippen LogP contribution in [-0.2, 0) is 0 Å². The van der Waals surface area contributed by atoms with Crippen LogP contribution in [0.15, 0.2) is 18.3 Å². The van der Waals surface area contributed by atoms with Crippen LogP contribution in [0.25, 0.3) is 5.82 Å². The number of halogens is 2. The van der Waals surface area contributed by atoms with E-state index in [2.05, 4.69) is 10.1 Å². The predicted molar refractivity (Wildman–Crippen MR) is 59.8 cm³/mol. The van der Waals surface area contributed by atoms with E-state index in [4.69, 9.17) is 5.73 Å². The third-order valence-corrected chi connectivity index (χ3v) is 2.36. The Morgan fingerprint density at radius 3 is 2.59 bits per heavy atom. The lowest BCUT2D eigenvalue weighted by Crippen LogP contribution is -2.07. The molecule has 0 spiro atoms. The smallest absolute Gasteiger partial charge is 0.191 e. The van der Waals surface area contributed by atoms with E-state index in [-0.39, 0.29) is 17.6 Å². The van der Waals surface area contributed by atoms with Crippen molar-refractivity contribution < 1.29 is 8.78 Å². The van der Waals surface area contributed by atoms with Gasteiger partial charge in [-0.25, -0.2) is 18.4 Å². The molecule has 6 heteroatoms. The largest absolute Gasteiger partial charge is 0.381 e. The minimum absolute atomic E-state index is 0.101. The third kappa shape index (κ3) is 2.11. The van der Waals surface area contributed by atoms with Gasteiger partial charge in [-0.3, -0.25) is 0 Å². The number of rotatable bonds is 2. The van der Waals surface area contributed by atoms with E-state index in [1.165, 1.54) is 4.68 Å². The monoisotopic (exact) mass is 238 g/mol.